The average molecular weight is 218 g/mol. The number of rotatable bonds is 3. The topological polar surface area (TPSA) is 12.9 Å². The van der Waals surface area contributed by atoms with Crippen molar-refractivity contribution < 1.29 is 0 Å². The molecule has 2 heteroatoms. The molecule has 0 N–H and O–H groups in total. The molecule has 0 aliphatic heterocycles. The Morgan fingerprint density at radius 2 is 1.33 bits per heavy atom. The fraction of sp³-hybridized carbons (Fsp3) is 0.154. The summed E-state index contributed by atoms with van der Waals surface area (Å²) in [5, 5.41) is 0.794. The Bertz CT molecular complexity index is 408. The molecule has 0 fully saturated rings. The molecular weight excluding hydrogens is 206 g/mol. The third kappa shape index (κ3) is 3.07. The van der Waals surface area contributed by atoms with E-state index in [1.165, 1.54) is 11.1 Å². The summed E-state index contributed by atoms with van der Waals surface area (Å²) in [6.07, 6.45) is 5.75. The van der Waals surface area contributed by atoms with E-state index in [4.69, 9.17) is 11.6 Å². The van der Waals surface area contributed by atoms with E-state index >= 15 is 0 Å². The molecule has 15 heavy (non-hydrogen) atoms. The van der Waals surface area contributed by atoms with Crippen molar-refractivity contribution in [3.05, 3.63) is 64.9 Å². The average Bonchev–Trinajstić information content (AvgIpc) is 2.30. The first-order valence-electron chi connectivity index (χ1n) is 4.98. The molecule has 0 aliphatic carbocycles. The largest absolute Gasteiger partial charge is 0.265 e. The first kappa shape index (κ1) is 10.2. The van der Waals surface area contributed by atoms with Crippen LogP contribution in [0.4, 0.5) is 0 Å². The van der Waals surface area contributed by atoms with Gasteiger partial charge in [-0.3, -0.25) is 4.98 Å². The predicted octanol–water partition coefficient (Wildman–Crippen LogP) is 3.52. The van der Waals surface area contributed by atoms with Crippen molar-refractivity contribution in [2.75, 3.05) is 0 Å². The second-order valence-electron chi connectivity index (χ2n) is 3.48. The van der Waals surface area contributed by atoms with Gasteiger partial charge < -0.3 is 0 Å². The van der Waals surface area contributed by atoms with Gasteiger partial charge in [-0.1, -0.05) is 23.7 Å². The number of nitrogens with zero attached hydrogens (tertiary/aromatic N) is 1. The summed E-state index contributed by atoms with van der Waals surface area (Å²) in [6, 6.07) is 12.1. The summed E-state index contributed by atoms with van der Waals surface area (Å²) in [4.78, 5) is 3.99. The fourth-order valence-electron chi connectivity index (χ4n) is 1.49. The summed E-state index contributed by atoms with van der Waals surface area (Å²) < 4.78 is 0. The monoisotopic (exact) mass is 217 g/mol. The molecule has 0 unspecified atom stereocenters. The molecule has 1 aromatic heterocycles. The summed E-state index contributed by atoms with van der Waals surface area (Å²) in [5.74, 6) is 0. The summed E-state index contributed by atoms with van der Waals surface area (Å²) in [6.45, 7) is 0. The minimum Gasteiger partial charge on any atom is -0.265 e. The lowest BCUT2D eigenvalue weighted by Gasteiger charge is -2.01. The highest BCUT2D eigenvalue weighted by atomic mass is 35.5. The van der Waals surface area contributed by atoms with Gasteiger partial charge in [-0.2, -0.15) is 0 Å². The first-order valence-corrected chi connectivity index (χ1v) is 5.36. The molecule has 0 atom stereocenters. The maximum Gasteiger partial charge on any atom is 0.0406 e. The molecule has 0 bridgehead atoms. The van der Waals surface area contributed by atoms with E-state index in [1.54, 1.807) is 0 Å². The van der Waals surface area contributed by atoms with E-state index in [0.29, 0.717) is 0 Å². The smallest absolute Gasteiger partial charge is 0.0406 e. The van der Waals surface area contributed by atoms with E-state index in [9.17, 15) is 0 Å². The molecule has 0 saturated carbocycles. The number of halogens is 1. The van der Waals surface area contributed by atoms with Crippen molar-refractivity contribution in [3.63, 3.8) is 0 Å². The van der Waals surface area contributed by atoms with Crippen LogP contribution in [-0.2, 0) is 12.8 Å². The van der Waals surface area contributed by atoms with Gasteiger partial charge in [0.05, 0.1) is 0 Å². The van der Waals surface area contributed by atoms with Crippen molar-refractivity contribution in [3.8, 4) is 0 Å². The lowest BCUT2D eigenvalue weighted by atomic mass is 10.1. The Balaban J connectivity index is 1.96. The zero-order chi connectivity index (χ0) is 10.5. The highest BCUT2D eigenvalue weighted by molar-refractivity contribution is 6.30. The van der Waals surface area contributed by atoms with E-state index in [0.717, 1.165) is 17.9 Å². The third-order valence-electron chi connectivity index (χ3n) is 2.36. The second-order valence-corrected chi connectivity index (χ2v) is 3.92. The molecule has 1 aromatic carbocycles. The molecule has 2 aromatic rings. The lowest BCUT2D eigenvalue weighted by Crippen LogP contribution is -1.90. The van der Waals surface area contributed by atoms with Crippen molar-refractivity contribution in [2.24, 2.45) is 0 Å². The Morgan fingerprint density at radius 3 is 1.93 bits per heavy atom. The Labute approximate surface area is 94.7 Å². The molecule has 0 spiro atoms. The van der Waals surface area contributed by atoms with Crippen LogP contribution in [0, 0.1) is 0 Å². The maximum absolute atomic E-state index is 5.82. The normalized spacial score (nSPS) is 10.2. The van der Waals surface area contributed by atoms with E-state index < -0.39 is 0 Å². The molecular formula is C13H12ClN. The zero-order valence-corrected chi connectivity index (χ0v) is 9.11. The highest BCUT2D eigenvalue weighted by Crippen LogP contribution is 2.11. The van der Waals surface area contributed by atoms with Gasteiger partial charge in [0.2, 0.25) is 0 Å². The summed E-state index contributed by atoms with van der Waals surface area (Å²) in [5.41, 5.74) is 2.64. The molecule has 0 radical (unpaired) electrons. The maximum atomic E-state index is 5.82. The number of aromatic nitrogens is 1. The molecule has 2 rings (SSSR count). The minimum absolute atomic E-state index is 0.794. The number of aryl methyl sites for hydroxylation is 2. The van der Waals surface area contributed by atoms with Crippen LogP contribution in [0.25, 0.3) is 0 Å². The SMILES string of the molecule is Clc1ccc(CCc2ccncc2)cc1. The molecule has 0 saturated heterocycles. The van der Waals surface area contributed by atoms with Crippen LogP contribution in [0.1, 0.15) is 11.1 Å². The van der Waals surface area contributed by atoms with Gasteiger partial charge in [-0.15, -0.1) is 0 Å². The van der Waals surface area contributed by atoms with Gasteiger partial charge in [-0.25, -0.2) is 0 Å². The standard InChI is InChI=1S/C13H12ClN/c14-13-5-3-11(4-6-13)1-2-12-7-9-15-10-8-12/h3-10H,1-2H2. The molecule has 1 heterocycles. The predicted molar refractivity (Wildman–Crippen MR) is 63.1 cm³/mol. The van der Waals surface area contributed by atoms with Crippen LogP contribution in [0.15, 0.2) is 48.8 Å². The number of benzene rings is 1. The van der Waals surface area contributed by atoms with Crippen molar-refractivity contribution in [1.82, 2.24) is 4.98 Å². The summed E-state index contributed by atoms with van der Waals surface area (Å²) in [7, 11) is 0. The van der Waals surface area contributed by atoms with E-state index in [2.05, 4.69) is 29.2 Å². The van der Waals surface area contributed by atoms with Crippen molar-refractivity contribution in [2.45, 2.75) is 12.8 Å². The first-order chi connectivity index (χ1) is 7.34. The van der Waals surface area contributed by atoms with Crippen molar-refractivity contribution >= 4 is 11.6 Å². The van der Waals surface area contributed by atoms with Gasteiger partial charge in [0.25, 0.3) is 0 Å². The third-order valence-corrected chi connectivity index (χ3v) is 2.62. The van der Waals surface area contributed by atoms with Gasteiger partial charge in [-0.05, 0) is 48.2 Å². The van der Waals surface area contributed by atoms with Gasteiger partial charge in [0.1, 0.15) is 0 Å². The van der Waals surface area contributed by atoms with Crippen LogP contribution in [0.3, 0.4) is 0 Å². The molecule has 76 valence electrons. The number of hydrogen-bond donors (Lipinski definition) is 0. The Morgan fingerprint density at radius 1 is 0.800 bits per heavy atom. The van der Waals surface area contributed by atoms with Crippen LogP contribution in [0.2, 0.25) is 5.02 Å². The van der Waals surface area contributed by atoms with Crippen LogP contribution in [-0.4, -0.2) is 4.98 Å². The Kier molecular flexibility index (Phi) is 3.36. The highest BCUT2D eigenvalue weighted by Gasteiger charge is 1.95. The second kappa shape index (κ2) is 4.94. The number of hydrogen-bond acceptors (Lipinski definition) is 1. The van der Waals surface area contributed by atoms with Crippen molar-refractivity contribution in [1.29, 1.82) is 0 Å². The fourth-order valence-corrected chi connectivity index (χ4v) is 1.62. The van der Waals surface area contributed by atoms with Crippen LogP contribution < -0.4 is 0 Å². The Hall–Kier alpha value is -1.34. The quantitative estimate of drug-likeness (QED) is 0.767. The van der Waals surface area contributed by atoms with Gasteiger partial charge in [0, 0.05) is 17.4 Å². The molecule has 1 nitrogen and oxygen atoms in total. The van der Waals surface area contributed by atoms with Gasteiger partial charge in [0.15, 0.2) is 0 Å². The number of pyridine rings is 1. The minimum atomic E-state index is 0.794. The van der Waals surface area contributed by atoms with Gasteiger partial charge >= 0.3 is 0 Å². The lowest BCUT2D eigenvalue weighted by molar-refractivity contribution is 0.955. The van der Waals surface area contributed by atoms with Crippen LogP contribution in [0.5, 0.6) is 0 Å². The molecule has 0 amide bonds. The molecule has 0 aliphatic rings. The summed E-state index contributed by atoms with van der Waals surface area (Å²) >= 11 is 5.82. The van der Waals surface area contributed by atoms with E-state index in [1.807, 2.05) is 24.5 Å². The van der Waals surface area contributed by atoms with Crippen LogP contribution >= 0.6 is 11.6 Å². The van der Waals surface area contributed by atoms with E-state index in [-0.39, 0.29) is 0 Å². The zero-order valence-electron chi connectivity index (χ0n) is 8.36.